The number of aliphatic carboxylic acids is 1. The van der Waals surface area contributed by atoms with Gasteiger partial charge in [-0.05, 0) is 24.7 Å². The topological polar surface area (TPSA) is 78.9 Å². The normalized spacial score (nSPS) is 20.9. The van der Waals surface area contributed by atoms with Crippen LogP contribution in [0.1, 0.15) is 33.1 Å². The highest BCUT2D eigenvalue weighted by atomic mass is 16.5. The number of carboxylic acids is 1. The first kappa shape index (κ1) is 17.5. The molecule has 1 aliphatic rings. The Labute approximate surface area is 126 Å². The highest BCUT2D eigenvalue weighted by Crippen LogP contribution is 2.35. The second kappa shape index (κ2) is 8.02. The van der Waals surface area contributed by atoms with Gasteiger partial charge >= 0.3 is 12.0 Å². The molecule has 0 saturated carbocycles. The average Bonchev–Trinajstić information content (AvgIpc) is 2.40. The van der Waals surface area contributed by atoms with Crippen molar-refractivity contribution in [1.29, 1.82) is 0 Å². The van der Waals surface area contributed by atoms with E-state index in [1.54, 1.807) is 6.08 Å². The van der Waals surface area contributed by atoms with Gasteiger partial charge in [-0.1, -0.05) is 19.9 Å². The number of likely N-dealkylation sites (tertiary alicyclic amines) is 1. The van der Waals surface area contributed by atoms with Gasteiger partial charge in [0.1, 0.15) is 6.04 Å². The number of nitrogens with one attached hydrogen (secondary N) is 1. The van der Waals surface area contributed by atoms with Crippen molar-refractivity contribution < 1.29 is 19.4 Å². The molecule has 0 aromatic rings. The van der Waals surface area contributed by atoms with Crippen LogP contribution in [0.5, 0.6) is 0 Å². The van der Waals surface area contributed by atoms with Crippen molar-refractivity contribution in [2.45, 2.75) is 39.2 Å². The standard InChI is InChI=1S/C15H26N2O4/c1-4-5-10-21-11-8-16-14(20)17-9-6-7-15(2,3)12(17)13(18)19/h4,12H,1,5-11H2,2-3H3,(H,16,20)(H,18,19). The number of carbonyl (C=O) groups excluding carboxylic acids is 1. The van der Waals surface area contributed by atoms with Gasteiger partial charge in [0.25, 0.3) is 0 Å². The summed E-state index contributed by atoms with van der Waals surface area (Å²) in [5, 5.41) is 12.1. The maximum atomic E-state index is 12.2. The third kappa shape index (κ3) is 5.04. The predicted molar refractivity (Wildman–Crippen MR) is 80.2 cm³/mol. The first-order valence-electron chi connectivity index (χ1n) is 7.36. The quantitative estimate of drug-likeness (QED) is 0.555. The summed E-state index contributed by atoms with van der Waals surface area (Å²) in [4.78, 5) is 25.1. The van der Waals surface area contributed by atoms with Crippen molar-refractivity contribution in [3.8, 4) is 0 Å². The zero-order valence-corrected chi connectivity index (χ0v) is 12.9. The zero-order valence-electron chi connectivity index (χ0n) is 12.9. The molecule has 1 aliphatic heterocycles. The molecule has 1 rings (SSSR count). The van der Waals surface area contributed by atoms with Gasteiger partial charge in [-0.25, -0.2) is 9.59 Å². The van der Waals surface area contributed by atoms with Crippen molar-refractivity contribution in [2.24, 2.45) is 5.41 Å². The number of urea groups is 1. The van der Waals surface area contributed by atoms with E-state index in [1.165, 1.54) is 4.90 Å². The van der Waals surface area contributed by atoms with Gasteiger partial charge in [0.2, 0.25) is 0 Å². The fourth-order valence-electron chi connectivity index (χ4n) is 2.68. The Morgan fingerprint density at radius 1 is 1.48 bits per heavy atom. The summed E-state index contributed by atoms with van der Waals surface area (Å²) in [5.74, 6) is -0.947. The first-order valence-corrected chi connectivity index (χ1v) is 7.36. The Morgan fingerprint density at radius 3 is 2.81 bits per heavy atom. The van der Waals surface area contributed by atoms with Crippen LogP contribution in [0.25, 0.3) is 0 Å². The maximum absolute atomic E-state index is 12.2. The Kier molecular flexibility index (Phi) is 6.68. The van der Waals surface area contributed by atoms with Gasteiger partial charge in [-0.15, -0.1) is 6.58 Å². The molecule has 1 fully saturated rings. The molecular formula is C15H26N2O4. The van der Waals surface area contributed by atoms with E-state index < -0.39 is 17.4 Å². The number of nitrogens with zero attached hydrogens (tertiary/aromatic N) is 1. The molecule has 0 aromatic heterocycles. The molecule has 2 amide bonds. The number of amides is 2. The third-order valence-corrected chi connectivity index (χ3v) is 3.76. The van der Waals surface area contributed by atoms with E-state index in [0.717, 1.165) is 19.3 Å². The van der Waals surface area contributed by atoms with Crippen LogP contribution in [0.2, 0.25) is 0 Å². The lowest BCUT2D eigenvalue weighted by molar-refractivity contribution is -0.148. The molecule has 0 bridgehead atoms. The summed E-state index contributed by atoms with van der Waals surface area (Å²) >= 11 is 0. The van der Waals surface area contributed by atoms with Crippen molar-refractivity contribution in [3.05, 3.63) is 12.7 Å². The van der Waals surface area contributed by atoms with Crippen LogP contribution in [-0.4, -0.2) is 54.4 Å². The highest BCUT2D eigenvalue weighted by Gasteiger charge is 2.44. The average molecular weight is 298 g/mol. The van der Waals surface area contributed by atoms with Crippen molar-refractivity contribution in [2.75, 3.05) is 26.3 Å². The Hall–Kier alpha value is -1.56. The molecule has 0 radical (unpaired) electrons. The van der Waals surface area contributed by atoms with E-state index in [1.807, 2.05) is 13.8 Å². The molecule has 21 heavy (non-hydrogen) atoms. The molecule has 1 atom stereocenters. The largest absolute Gasteiger partial charge is 0.480 e. The minimum absolute atomic E-state index is 0.331. The summed E-state index contributed by atoms with van der Waals surface area (Å²) < 4.78 is 5.31. The molecule has 6 nitrogen and oxygen atoms in total. The number of hydrogen-bond donors (Lipinski definition) is 2. The number of hydrogen-bond acceptors (Lipinski definition) is 3. The van der Waals surface area contributed by atoms with E-state index in [9.17, 15) is 14.7 Å². The van der Waals surface area contributed by atoms with Crippen LogP contribution < -0.4 is 5.32 Å². The minimum atomic E-state index is -0.947. The fourth-order valence-corrected chi connectivity index (χ4v) is 2.68. The van der Waals surface area contributed by atoms with Crippen LogP contribution in [0.3, 0.4) is 0 Å². The summed E-state index contributed by atoms with van der Waals surface area (Å²) in [6.45, 7) is 9.22. The minimum Gasteiger partial charge on any atom is -0.480 e. The van der Waals surface area contributed by atoms with Crippen LogP contribution in [0, 0.1) is 5.41 Å². The number of carboxylic acid groups (broad SMARTS) is 1. The second-order valence-corrected chi connectivity index (χ2v) is 5.95. The molecule has 0 aromatic carbocycles. The second-order valence-electron chi connectivity index (χ2n) is 5.95. The first-order chi connectivity index (χ1) is 9.90. The van der Waals surface area contributed by atoms with Crippen molar-refractivity contribution >= 4 is 12.0 Å². The summed E-state index contributed by atoms with van der Waals surface area (Å²) in [5.41, 5.74) is -0.415. The van der Waals surface area contributed by atoms with Crippen molar-refractivity contribution in [3.63, 3.8) is 0 Å². The lowest BCUT2D eigenvalue weighted by Gasteiger charge is -2.43. The zero-order chi connectivity index (χ0) is 15.9. The molecule has 1 saturated heterocycles. The van der Waals surface area contributed by atoms with Gasteiger partial charge < -0.3 is 20.1 Å². The summed E-state index contributed by atoms with van der Waals surface area (Å²) in [7, 11) is 0. The van der Waals surface area contributed by atoms with Crippen LogP contribution in [0.15, 0.2) is 12.7 Å². The maximum Gasteiger partial charge on any atom is 0.327 e. The third-order valence-electron chi connectivity index (χ3n) is 3.76. The molecule has 2 N–H and O–H groups in total. The predicted octanol–water partition coefficient (Wildman–Crippen LogP) is 1.86. The number of piperidine rings is 1. The van der Waals surface area contributed by atoms with Gasteiger partial charge in [0.05, 0.1) is 13.2 Å². The van der Waals surface area contributed by atoms with Crippen molar-refractivity contribution in [1.82, 2.24) is 10.2 Å². The number of ether oxygens (including phenoxy) is 1. The van der Waals surface area contributed by atoms with Gasteiger partial charge in [-0.3, -0.25) is 0 Å². The smallest absolute Gasteiger partial charge is 0.327 e. The van der Waals surface area contributed by atoms with Crippen LogP contribution >= 0.6 is 0 Å². The van der Waals surface area contributed by atoms with E-state index in [0.29, 0.717) is 26.3 Å². The van der Waals surface area contributed by atoms with Crippen LogP contribution in [-0.2, 0) is 9.53 Å². The van der Waals surface area contributed by atoms with E-state index >= 15 is 0 Å². The summed E-state index contributed by atoms with van der Waals surface area (Å²) in [6, 6.07) is -1.12. The summed E-state index contributed by atoms with van der Waals surface area (Å²) in [6.07, 6.45) is 4.17. The number of rotatable bonds is 7. The Bertz CT molecular complexity index is 382. The molecule has 1 unspecified atom stereocenters. The molecule has 0 aliphatic carbocycles. The monoisotopic (exact) mass is 298 g/mol. The molecule has 0 spiro atoms. The van der Waals surface area contributed by atoms with Gasteiger partial charge in [0, 0.05) is 13.1 Å². The lowest BCUT2D eigenvalue weighted by atomic mass is 9.76. The fraction of sp³-hybridized carbons (Fsp3) is 0.733. The van der Waals surface area contributed by atoms with E-state index in [2.05, 4.69) is 11.9 Å². The molecule has 120 valence electrons. The lowest BCUT2D eigenvalue weighted by Crippen LogP contribution is -2.58. The molecule has 6 heteroatoms. The Morgan fingerprint density at radius 2 is 2.19 bits per heavy atom. The van der Waals surface area contributed by atoms with Gasteiger partial charge in [0.15, 0.2) is 0 Å². The van der Waals surface area contributed by atoms with Crippen LogP contribution in [0.4, 0.5) is 4.79 Å². The SMILES string of the molecule is C=CCCOCCNC(=O)N1CCCC(C)(C)C1C(=O)O. The van der Waals surface area contributed by atoms with E-state index in [4.69, 9.17) is 4.74 Å². The highest BCUT2D eigenvalue weighted by molar-refractivity contribution is 5.83. The number of carbonyl (C=O) groups is 2. The van der Waals surface area contributed by atoms with E-state index in [-0.39, 0.29) is 6.03 Å². The molecule has 1 heterocycles. The Balaban J connectivity index is 2.47. The van der Waals surface area contributed by atoms with Gasteiger partial charge in [-0.2, -0.15) is 0 Å². The molecular weight excluding hydrogens is 272 g/mol.